The monoisotopic (exact) mass is 222 g/mol. The van der Waals surface area contributed by atoms with Crippen molar-refractivity contribution in [2.45, 2.75) is 32.6 Å². The fourth-order valence-electron chi connectivity index (χ4n) is 0.711. The van der Waals surface area contributed by atoms with Gasteiger partial charge in [0.25, 0.3) is 0 Å². The molecule has 11 heavy (non-hydrogen) atoms. The second-order valence-corrected chi connectivity index (χ2v) is 2.32. The molecule has 0 unspecified atom stereocenters. The van der Waals surface area contributed by atoms with Crippen molar-refractivity contribution < 1.29 is 58.2 Å². The molecule has 0 aliphatic heterocycles. The normalized spacial score (nSPS) is 10.6. The summed E-state index contributed by atoms with van der Waals surface area (Å²) in [6.45, 7) is 5.82. The molecular weight excluding hydrogens is 206 g/mol. The van der Waals surface area contributed by atoms with Gasteiger partial charge in [0.2, 0.25) is 0 Å². The van der Waals surface area contributed by atoms with Gasteiger partial charge in [0.05, 0.1) is 0 Å². The number of hydrogen-bond acceptors (Lipinski definition) is 0. The molecule has 0 atom stereocenters. The van der Waals surface area contributed by atoms with Gasteiger partial charge in [-0.3, -0.25) is 0 Å². The zero-order valence-corrected chi connectivity index (χ0v) is 12.8. The number of rotatable bonds is 5. The molecule has 58 valence electrons. The standard InChI is InChI=1S/C10H17.Rb/c1-3-5-7-9-10-8-6-4-2;/h3,5,9-10H,1,4,6-8H2,2H3;/q-1;+1/b5-3+,10-9+;. The van der Waals surface area contributed by atoms with Crippen LogP contribution in [0.15, 0.2) is 24.3 Å². The van der Waals surface area contributed by atoms with E-state index in [1.54, 1.807) is 0 Å². The summed E-state index contributed by atoms with van der Waals surface area (Å²) in [6.07, 6.45) is 13.2. The molecule has 0 amide bonds. The quantitative estimate of drug-likeness (QED) is 0.362. The van der Waals surface area contributed by atoms with Gasteiger partial charge in [-0.25, -0.2) is 19.1 Å². The van der Waals surface area contributed by atoms with E-state index in [2.05, 4.69) is 32.1 Å². The molecule has 0 rings (SSSR count). The Kier molecular flexibility index (Phi) is 18.3. The second kappa shape index (κ2) is 13.7. The van der Waals surface area contributed by atoms with Crippen molar-refractivity contribution in [2.75, 3.05) is 0 Å². The number of hydrogen-bond donors (Lipinski definition) is 0. The molecule has 0 aliphatic carbocycles. The summed E-state index contributed by atoms with van der Waals surface area (Å²) in [7, 11) is 0. The fourth-order valence-corrected chi connectivity index (χ4v) is 0.711. The van der Waals surface area contributed by atoms with Gasteiger partial charge in [0, 0.05) is 0 Å². The molecule has 0 saturated heterocycles. The van der Waals surface area contributed by atoms with E-state index in [1.165, 1.54) is 19.3 Å². The predicted octanol–water partition coefficient (Wildman–Crippen LogP) is 0.517. The van der Waals surface area contributed by atoms with Crippen molar-refractivity contribution in [2.24, 2.45) is 0 Å². The summed E-state index contributed by atoms with van der Waals surface area (Å²) in [4.78, 5) is 0. The first-order valence-electron chi connectivity index (χ1n) is 4.01. The predicted molar refractivity (Wildman–Crippen MR) is 47.8 cm³/mol. The summed E-state index contributed by atoms with van der Waals surface area (Å²) >= 11 is 0. The Morgan fingerprint density at radius 2 is 1.91 bits per heavy atom. The zero-order valence-electron chi connectivity index (χ0n) is 7.84. The van der Waals surface area contributed by atoms with Crippen LogP contribution in [0.3, 0.4) is 0 Å². The van der Waals surface area contributed by atoms with Crippen molar-refractivity contribution >= 4 is 0 Å². The van der Waals surface area contributed by atoms with Crippen LogP contribution in [0, 0.1) is 6.92 Å². The van der Waals surface area contributed by atoms with E-state index in [0.29, 0.717) is 0 Å². The van der Waals surface area contributed by atoms with Gasteiger partial charge in [-0.15, -0.1) is 6.08 Å². The molecule has 0 nitrogen and oxygen atoms in total. The van der Waals surface area contributed by atoms with Crippen LogP contribution in [-0.2, 0) is 0 Å². The molecule has 0 saturated carbocycles. The van der Waals surface area contributed by atoms with Gasteiger partial charge in [0.15, 0.2) is 0 Å². The maximum atomic E-state index is 3.61. The van der Waals surface area contributed by atoms with E-state index in [-0.39, 0.29) is 58.2 Å². The molecule has 0 aromatic carbocycles. The van der Waals surface area contributed by atoms with Gasteiger partial charge in [0.1, 0.15) is 0 Å². The van der Waals surface area contributed by atoms with E-state index >= 15 is 0 Å². The first-order chi connectivity index (χ1) is 4.91. The van der Waals surface area contributed by atoms with E-state index < -0.39 is 0 Å². The Morgan fingerprint density at radius 3 is 2.45 bits per heavy atom. The Morgan fingerprint density at radius 1 is 1.18 bits per heavy atom. The summed E-state index contributed by atoms with van der Waals surface area (Å²) in [5, 5.41) is 0. The minimum Gasteiger partial charge on any atom is -0.245 e. The van der Waals surface area contributed by atoms with Crippen molar-refractivity contribution in [1.29, 1.82) is 0 Å². The molecule has 0 spiro atoms. The maximum Gasteiger partial charge on any atom is 1.00 e. The molecular formula is C10H17Rb. The van der Waals surface area contributed by atoms with E-state index in [0.717, 1.165) is 6.42 Å². The van der Waals surface area contributed by atoms with Crippen LogP contribution >= 0.6 is 0 Å². The van der Waals surface area contributed by atoms with E-state index in [4.69, 9.17) is 0 Å². The Hall–Kier alpha value is 1.16. The number of unbranched alkanes of at least 4 members (excludes halogenated alkanes) is 2. The Balaban J connectivity index is 0. The van der Waals surface area contributed by atoms with Gasteiger partial charge < -0.3 is 0 Å². The third-order valence-electron chi connectivity index (χ3n) is 1.33. The third kappa shape index (κ3) is 14.1. The minimum atomic E-state index is 0. The molecule has 0 radical (unpaired) electrons. The van der Waals surface area contributed by atoms with E-state index in [1.807, 2.05) is 6.08 Å². The molecule has 0 bridgehead atoms. The van der Waals surface area contributed by atoms with Crippen molar-refractivity contribution in [3.8, 4) is 0 Å². The first kappa shape index (κ1) is 14.7. The average molecular weight is 223 g/mol. The van der Waals surface area contributed by atoms with Gasteiger partial charge >= 0.3 is 58.2 Å². The van der Waals surface area contributed by atoms with Crippen molar-refractivity contribution in [1.82, 2.24) is 0 Å². The molecule has 0 aromatic heterocycles. The smallest absolute Gasteiger partial charge is 0.245 e. The SMILES string of the molecule is [CH2-]/C=C/C/C=C/CCCC.[Rb+]. The first-order valence-corrected chi connectivity index (χ1v) is 4.01. The molecule has 1 heteroatoms. The number of allylic oxidation sites excluding steroid dienone is 4. The maximum absolute atomic E-state index is 3.61. The fraction of sp³-hybridized carbons (Fsp3) is 0.500. The second-order valence-electron chi connectivity index (χ2n) is 2.32. The van der Waals surface area contributed by atoms with Crippen LogP contribution < -0.4 is 58.2 Å². The topological polar surface area (TPSA) is 0 Å². The molecule has 0 N–H and O–H groups in total. The van der Waals surface area contributed by atoms with Crippen molar-refractivity contribution in [3.05, 3.63) is 31.2 Å². The molecule has 0 aromatic rings. The Labute approximate surface area is 120 Å². The van der Waals surface area contributed by atoms with Crippen LogP contribution in [0.4, 0.5) is 0 Å². The van der Waals surface area contributed by atoms with Crippen molar-refractivity contribution in [3.63, 3.8) is 0 Å². The van der Waals surface area contributed by atoms with Gasteiger partial charge in [-0.1, -0.05) is 32.3 Å². The third-order valence-corrected chi connectivity index (χ3v) is 1.33. The molecule has 0 heterocycles. The summed E-state index contributed by atoms with van der Waals surface area (Å²) in [5.74, 6) is 0. The van der Waals surface area contributed by atoms with Crippen LogP contribution in [0.1, 0.15) is 32.6 Å². The summed E-state index contributed by atoms with van der Waals surface area (Å²) in [6, 6.07) is 0. The van der Waals surface area contributed by atoms with E-state index in [9.17, 15) is 0 Å². The average Bonchev–Trinajstić information content (AvgIpc) is 1.97. The van der Waals surface area contributed by atoms with Crippen LogP contribution in [-0.4, -0.2) is 0 Å². The summed E-state index contributed by atoms with van der Waals surface area (Å²) in [5.41, 5.74) is 0. The van der Waals surface area contributed by atoms with Crippen LogP contribution in [0.25, 0.3) is 0 Å². The summed E-state index contributed by atoms with van der Waals surface area (Å²) < 4.78 is 0. The van der Waals surface area contributed by atoms with Crippen LogP contribution in [0.2, 0.25) is 0 Å². The largest absolute Gasteiger partial charge is 1.00 e. The van der Waals surface area contributed by atoms with Gasteiger partial charge in [-0.2, -0.15) is 0 Å². The molecule has 0 fully saturated rings. The Bertz CT molecular complexity index is 103. The zero-order chi connectivity index (χ0) is 7.66. The minimum absolute atomic E-state index is 0. The van der Waals surface area contributed by atoms with Crippen LogP contribution in [0.5, 0.6) is 0 Å². The molecule has 0 aliphatic rings. The van der Waals surface area contributed by atoms with Gasteiger partial charge in [-0.05, 0) is 6.42 Å².